The molecule has 1 saturated heterocycles. The molecule has 0 unspecified atom stereocenters. The zero-order chi connectivity index (χ0) is 5.98. The van der Waals surface area contributed by atoms with E-state index < -0.39 is 0 Å². The van der Waals surface area contributed by atoms with E-state index in [0.29, 0.717) is 12.1 Å². The SMILES string of the molecule is C[C@H]1CC[C@H](N)CO1.Cl. The summed E-state index contributed by atoms with van der Waals surface area (Å²) < 4.78 is 5.27. The van der Waals surface area contributed by atoms with Gasteiger partial charge in [-0.15, -0.1) is 12.4 Å². The largest absolute Gasteiger partial charge is 0.377 e. The highest BCUT2D eigenvalue weighted by Gasteiger charge is 2.13. The number of ether oxygens (including phenoxy) is 1. The maximum atomic E-state index is 5.57. The first-order valence-corrected chi connectivity index (χ1v) is 3.16. The number of hydrogen-bond acceptors (Lipinski definition) is 2. The number of hydrogen-bond donors (Lipinski definition) is 1. The highest BCUT2D eigenvalue weighted by molar-refractivity contribution is 5.85. The van der Waals surface area contributed by atoms with Crippen molar-refractivity contribution in [3.8, 4) is 0 Å². The molecule has 1 heterocycles. The van der Waals surface area contributed by atoms with E-state index >= 15 is 0 Å². The molecule has 9 heavy (non-hydrogen) atoms. The van der Waals surface area contributed by atoms with Crippen molar-refractivity contribution in [3.63, 3.8) is 0 Å². The van der Waals surface area contributed by atoms with Gasteiger partial charge in [0.15, 0.2) is 0 Å². The minimum absolute atomic E-state index is 0. The molecule has 1 aliphatic heterocycles. The van der Waals surface area contributed by atoms with Gasteiger partial charge in [0, 0.05) is 6.04 Å². The summed E-state index contributed by atoms with van der Waals surface area (Å²) in [6.45, 7) is 2.84. The smallest absolute Gasteiger partial charge is 0.0621 e. The zero-order valence-electron chi connectivity index (χ0n) is 5.67. The molecule has 56 valence electrons. The Morgan fingerprint density at radius 2 is 2.11 bits per heavy atom. The Kier molecular flexibility index (Phi) is 4.19. The van der Waals surface area contributed by atoms with E-state index in [4.69, 9.17) is 10.5 Å². The van der Waals surface area contributed by atoms with Crippen molar-refractivity contribution < 1.29 is 4.74 Å². The zero-order valence-corrected chi connectivity index (χ0v) is 6.49. The fraction of sp³-hybridized carbons (Fsp3) is 1.00. The van der Waals surface area contributed by atoms with E-state index in [9.17, 15) is 0 Å². The van der Waals surface area contributed by atoms with Gasteiger partial charge in [-0.05, 0) is 19.8 Å². The predicted molar refractivity (Wildman–Crippen MR) is 39.9 cm³/mol. The van der Waals surface area contributed by atoms with Gasteiger partial charge in [0.2, 0.25) is 0 Å². The highest BCUT2D eigenvalue weighted by atomic mass is 35.5. The number of halogens is 1. The van der Waals surface area contributed by atoms with Gasteiger partial charge in [-0.25, -0.2) is 0 Å². The topological polar surface area (TPSA) is 35.2 Å². The number of rotatable bonds is 0. The molecular weight excluding hydrogens is 138 g/mol. The molecule has 2 nitrogen and oxygen atoms in total. The molecule has 2 N–H and O–H groups in total. The monoisotopic (exact) mass is 151 g/mol. The van der Waals surface area contributed by atoms with Crippen LogP contribution in [0, 0.1) is 0 Å². The van der Waals surface area contributed by atoms with E-state index in [2.05, 4.69) is 6.92 Å². The standard InChI is InChI=1S/C6H13NO.ClH/c1-5-2-3-6(7)4-8-5;/h5-6H,2-4,7H2,1H3;1H/t5-,6-;/m0./s1. The van der Waals surface area contributed by atoms with Crippen LogP contribution >= 0.6 is 12.4 Å². The maximum Gasteiger partial charge on any atom is 0.0621 e. The third-order valence-corrected chi connectivity index (χ3v) is 1.54. The summed E-state index contributed by atoms with van der Waals surface area (Å²) >= 11 is 0. The van der Waals surface area contributed by atoms with Crippen LogP contribution in [0.3, 0.4) is 0 Å². The van der Waals surface area contributed by atoms with Gasteiger partial charge in [0.25, 0.3) is 0 Å². The first-order valence-electron chi connectivity index (χ1n) is 3.16. The molecule has 0 amide bonds. The van der Waals surface area contributed by atoms with Crippen molar-refractivity contribution in [2.45, 2.75) is 31.9 Å². The van der Waals surface area contributed by atoms with Crippen LogP contribution in [0.1, 0.15) is 19.8 Å². The Labute approximate surface area is 62.2 Å². The van der Waals surface area contributed by atoms with Crippen molar-refractivity contribution in [3.05, 3.63) is 0 Å². The number of nitrogens with two attached hydrogens (primary N) is 1. The van der Waals surface area contributed by atoms with Crippen molar-refractivity contribution >= 4 is 12.4 Å². The summed E-state index contributed by atoms with van der Waals surface area (Å²) in [6, 6.07) is 0.297. The van der Waals surface area contributed by atoms with Crippen molar-refractivity contribution in [1.29, 1.82) is 0 Å². The third-order valence-electron chi connectivity index (χ3n) is 1.54. The summed E-state index contributed by atoms with van der Waals surface area (Å²) in [7, 11) is 0. The molecule has 3 heteroatoms. The Morgan fingerprint density at radius 3 is 2.44 bits per heavy atom. The second-order valence-electron chi connectivity index (χ2n) is 2.48. The van der Waals surface area contributed by atoms with Crippen molar-refractivity contribution in [2.24, 2.45) is 5.73 Å². The average Bonchev–Trinajstić information content (AvgIpc) is 1.77. The molecular formula is C6H14ClNO. The minimum Gasteiger partial charge on any atom is -0.377 e. The predicted octanol–water partition coefficient (Wildman–Crippen LogP) is 0.934. The second-order valence-corrected chi connectivity index (χ2v) is 2.48. The first-order chi connectivity index (χ1) is 3.79. The molecule has 1 aliphatic rings. The van der Waals surface area contributed by atoms with Crippen LogP contribution in [0.4, 0.5) is 0 Å². The molecule has 0 aromatic rings. The normalized spacial score (nSPS) is 35.3. The molecule has 0 aromatic carbocycles. The molecule has 0 aliphatic carbocycles. The van der Waals surface area contributed by atoms with Crippen molar-refractivity contribution in [2.75, 3.05) is 6.61 Å². The molecule has 0 spiro atoms. The molecule has 0 aromatic heterocycles. The first kappa shape index (κ1) is 9.21. The summed E-state index contributed by atoms with van der Waals surface area (Å²) in [4.78, 5) is 0. The minimum atomic E-state index is 0. The van der Waals surface area contributed by atoms with Gasteiger partial charge in [-0.3, -0.25) is 0 Å². The fourth-order valence-electron chi connectivity index (χ4n) is 0.903. The molecule has 0 radical (unpaired) electrons. The average molecular weight is 152 g/mol. The van der Waals surface area contributed by atoms with Gasteiger partial charge in [-0.1, -0.05) is 0 Å². The van der Waals surface area contributed by atoms with Crippen LogP contribution in [-0.2, 0) is 4.74 Å². The fourth-order valence-corrected chi connectivity index (χ4v) is 0.903. The molecule has 2 atom stereocenters. The van der Waals surface area contributed by atoms with E-state index in [1.165, 1.54) is 0 Å². The van der Waals surface area contributed by atoms with E-state index in [1.54, 1.807) is 0 Å². The summed E-state index contributed by atoms with van der Waals surface area (Å²) in [5.41, 5.74) is 5.57. The molecule has 1 rings (SSSR count). The van der Waals surface area contributed by atoms with Gasteiger partial charge in [0.05, 0.1) is 12.7 Å². The van der Waals surface area contributed by atoms with Gasteiger partial charge in [0.1, 0.15) is 0 Å². The van der Waals surface area contributed by atoms with Crippen molar-refractivity contribution in [1.82, 2.24) is 0 Å². The van der Waals surface area contributed by atoms with Crippen LogP contribution in [-0.4, -0.2) is 18.8 Å². The summed E-state index contributed by atoms with van der Waals surface area (Å²) in [6.07, 6.45) is 2.69. The lowest BCUT2D eigenvalue weighted by Gasteiger charge is -2.23. The third kappa shape index (κ3) is 3.04. The highest BCUT2D eigenvalue weighted by Crippen LogP contribution is 2.10. The Bertz CT molecular complexity index is 61.5. The van der Waals surface area contributed by atoms with Crippen LogP contribution in [0.5, 0.6) is 0 Å². The Hall–Kier alpha value is 0.210. The van der Waals surface area contributed by atoms with E-state index in [0.717, 1.165) is 19.4 Å². The molecule has 0 bridgehead atoms. The van der Waals surface area contributed by atoms with Crippen LogP contribution in [0.25, 0.3) is 0 Å². The second kappa shape index (κ2) is 4.09. The van der Waals surface area contributed by atoms with E-state index in [1.807, 2.05) is 0 Å². The quantitative estimate of drug-likeness (QED) is 0.559. The Balaban J connectivity index is 0.000000640. The van der Waals surface area contributed by atoms with E-state index in [-0.39, 0.29) is 12.4 Å². The molecule has 1 fully saturated rings. The van der Waals surface area contributed by atoms with Gasteiger partial charge < -0.3 is 10.5 Å². The van der Waals surface area contributed by atoms with Crippen LogP contribution in [0.2, 0.25) is 0 Å². The summed E-state index contributed by atoms with van der Waals surface area (Å²) in [5, 5.41) is 0. The lowest BCUT2D eigenvalue weighted by Crippen LogP contribution is -2.34. The lowest BCUT2D eigenvalue weighted by atomic mass is 10.1. The van der Waals surface area contributed by atoms with Crippen LogP contribution in [0.15, 0.2) is 0 Å². The van der Waals surface area contributed by atoms with Gasteiger partial charge in [-0.2, -0.15) is 0 Å². The maximum absolute atomic E-state index is 5.57. The van der Waals surface area contributed by atoms with Gasteiger partial charge >= 0.3 is 0 Å². The Morgan fingerprint density at radius 1 is 1.44 bits per heavy atom. The molecule has 0 saturated carbocycles. The van der Waals surface area contributed by atoms with Crippen LogP contribution < -0.4 is 5.73 Å². The summed E-state index contributed by atoms with van der Waals surface area (Å²) in [5.74, 6) is 0. The lowest BCUT2D eigenvalue weighted by molar-refractivity contribution is 0.0172.